The van der Waals surface area contributed by atoms with Crippen LogP contribution < -0.4 is 11.1 Å². The lowest BCUT2D eigenvalue weighted by Gasteiger charge is -2.14. The molecule has 4 nitrogen and oxygen atoms in total. The minimum atomic E-state index is -0.671. The molecular formula is C15H15N3O. The van der Waals surface area contributed by atoms with Gasteiger partial charge >= 0.3 is 0 Å². The predicted molar refractivity (Wildman–Crippen MR) is 75.5 cm³/mol. The maximum atomic E-state index is 10.1. The number of rotatable bonds is 4. The summed E-state index contributed by atoms with van der Waals surface area (Å²) in [5.74, 6) is 0. The zero-order valence-corrected chi connectivity index (χ0v) is 10.4. The summed E-state index contributed by atoms with van der Waals surface area (Å²) in [6.07, 6.45) is -0.671. The van der Waals surface area contributed by atoms with Crippen LogP contribution in [0.25, 0.3) is 0 Å². The molecule has 1 atom stereocenters. The summed E-state index contributed by atoms with van der Waals surface area (Å²) in [7, 11) is 0. The standard InChI is InChI=1S/C15H15N3O/c16-9-12-4-1-2-7-14(12)18-10-15(19)11-5-3-6-13(17)8-11/h1-8,15,18-19H,10,17H2. The van der Waals surface area contributed by atoms with Crippen molar-refractivity contribution in [3.05, 3.63) is 59.7 Å². The van der Waals surface area contributed by atoms with E-state index in [1.165, 1.54) is 0 Å². The molecule has 2 aromatic rings. The fourth-order valence-electron chi connectivity index (χ4n) is 1.83. The second kappa shape index (κ2) is 5.89. The van der Waals surface area contributed by atoms with Crippen LogP contribution in [-0.4, -0.2) is 11.7 Å². The summed E-state index contributed by atoms with van der Waals surface area (Å²) in [5.41, 5.74) is 8.32. The van der Waals surface area contributed by atoms with Crippen LogP contribution in [-0.2, 0) is 0 Å². The molecule has 96 valence electrons. The number of para-hydroxylation sites is 1. The number of aliphatic hydroxyl groups is 1. The van der Waals surface area contributed by atoms with Crippen LogP contribution in [0.4, 0.5) is 11.4 Å². The van der Waals surface area contributed by atoms with Crippen LogP contribution in [0.1, 0.15) is 17.2 Å². The molecule has 0 aliphatic carbocycles. The number of nitrogens with two attached hydrogens (primary N) is 1. The molecule has 0 heterocycles. The first kappa shape index (κ1) is 12.9. The highest BCUT2D eigenvalue weighted by Gasteiger charge is 2.08. The third-order valence-corrected chi connectivity index (χ3v) is 2.83. The zero-order chi connectivity index (χ0) is 13.7. The van der Waals surface area contributed by atoms with Crippen molar-refractivity contribution >= 4 is 11.4 Å². The zero-order valence-electron chi connectivity index (χ0n) is 10.4. The van der Waals surface area contributed by atoms with Crippen molar-refractivity contribution < 1.29 is 5.11 Å². The lowest BCUT2D eigenvalue weighted by atomic mass is 10.1. The fourth-order valence-corrected chi connectivity index (χ4v) is 1.83. The second-order valence-electron chi connectivity index (χ2n) is 4.22. The van der Waals surface area contributed by atoms with E-state index in [-0.39, 0.29) is 0 Å². The van der Waals surface area contributed by atoms with E-state index in [9.17, 15) is 5.11 Å². The van der Waals surface area contributed by atoms with Gasteiger partial charge in [-0.25, -0.2) is 0 Å². The normalized spacial score (nSPS) is 11.6. The molecule has 0 fully saturated rings. The molecule has 0 bridgehead atoms. The van der Waals surface area contributed by atoms with E-state index in [2.05, 4.69) is 11.4 Å². The summed E-state index contributed by atoms with van der Waals surface area (Å²) in [4.78, 5) is 0. The Kier molecular flexibility index (Phi) is 4.01. The van der Waals surface area contributed by atoms with Crippen molar-refractivity contribution in [2.75, 3.05) is 17.6 Å². The number of hydrogen-bond donors (Lipinski definition) is 3. The highest BCUT2D eigenvalue weighted by atomic mass is 16.3. The molecule has 0 saturated heterocycles. The van der Waals surface area contributed by atoms with Gasteiger partial charge in [-0.3, -0.25) is 0 Å². The monoisotopic (exact) mass is 253 g/mol. The summed E-state index contributed by atoms with van der Waals surface area (Å²) in [6.45, 7) is 0.322. The molecule has 19 heavy (non-hydrogen) atoms. The number of nitriles is 1. The Hall–Kier alpha value is -2.51. The third kappa shape index (κ3) is 3.24. The number of nitrogens with one attached hydrogen (secondary N) is 1. The predicted octanol–water partition coefficient (Wildman–Crippen LogP) is 2.29. The average molecular weight is 253 g/mol. The van der Waals surface area contributed by atoms with Crippen molar-refractivity contribution in [1.29, 1.82) is 5.26 Å². The Morgan fingerprint density at radius 1 is 1.21 bits per heavy atom. The first-order chi connectivity index (χ1) is 9.20. The van der Waals surface area contributed by atoms with Crippen molar-refractivity contribution in [1.82, 2.24) is 0 Å². The van der Waals surface area contributed by atoms with E-state index < -0.39 is 6.10 Å². The van der Waals surface area contributed by atoms with E-state index in [0.717, 1.165) is 5.56 Å². The molecule has 0 saturated carbocycles. The van der Waals surface area contributed by atoms with E-state index in [4.69, 9.17) is 11.0 Å². The first-order valence-electron chi connectivity index (χ1n) is 5.97. The molecular weight excluding hydrogens is 238 g/mol. The Morgan fingerprint density at radius 3 is 2.74 bits per heavy atom. The minimum Gasteiger partial charge on any atom is -0.399 e. The highest BCUT2D eigenvalue weighted by molar-refractivity contribution is 5.57. The van der Waals surface area contributed by atoms with Crippen LogP contribution in [0.3, 0.4) is 0 Å². The van der Waals surface area contributed by atoms with E-state index in [0.29, 0.717) is 23.5 Å². The van der Waals surface area contributed by atoms with Gasteiger partial charge in [-0.05, 0) is 29.8 Å². The molecule has 1 unspecified atom stereocenters. The van der Waals surface area contributed by atoms with Gasteiger partial charge in [-0.15, -0.1) is 0 Å². The number of hydrogen-bond acceptors (Lipinski definition) is 4. The average Bonchev–Trinajstić information content (AvgIpc) is 2.45. The van der Waals surface area contributed by atoms with Crippen LogP contribution in [0, 0.1) is 11.3 Å². The van der Waals surface area contributed by atoms with E-state index in [1.807, 2.05) is 18.2 Å². The van der Waals surface area contributed by atoms with Crippen molar-refractivity contribution in [3.8, 4) is 6.07 Å². The smallest absolute Gasteiger partial charge is 0.101 e. The van der Waals surface area contributed by atoms with Gasteiger partial charge in [0, 0.05) is 12.2 Å². The molecule has 4 heteroatoms. The van der Waals surface area contributed by atoms with Gasteiger partial charge in [-0.2, -0.15) is 5.26 Å². The molecule has 0 radical (unpaired) electrons. The number of benzene rings is 2. The minimum absolute atomic E-state index is 0.322. The molecule has 0 amide bonds. The molecule has 0 aromatic heterocycles. The maximum absolute atomic E-state index is 10.1. The third-order valence-electron chi connectivity index (χ3n) is 2.83. The van der Waals surface area contributed by atoms with Gasteiger partial charge in [0.05, 0.1) is 17.4 Å². The molecule has 4 N–H and O–H groups in total. The van der Waals surface area contributed by atoms with Crippen LogP contribution >= 0.6 is 0 Å². The quantitative estimate of drug-likeness (QED) is 0.730. The Morgan fingerprint density at radius 2 is 2.00 bits per heavy atom. The van der Waals surface area contributed by atoms with Crippen molar-refractivity contribution in [2.24, 2.45) is 0 Å². The lowest BCUT2D eigenvalue weighted by molar-refractivity contribution is 0.191. The van der Waals surface area contributed by atoms with Crippen LogP contribution in [0.15, 0.2) is 48.5 Å². The van der Waals surface area contributed by atoms with Crippen LogP contribution in [0.2, 0.25) is 0 Å². The Bertz CT molecular complexity index is 604. The van der Waals surface area contributed by atoms with Gasteiger partial charge in [-0.1, -0.05) is 24.3 Å². The number of nitrogens with zero attached hydrogens (tertiary/aromatic N) is 1. The summed E-state index contributed by atoms with van der Waals surface area (Å²) in [5, 5.41) is 22.1. The highest BCUT2D eigenvalue weighted by Crippen LogP contribution is 2.18. The summed E-state index contributed by atoms with van der Waals surface area (Å²) < 4.78 is 0. The number of anilines is 2. The van der Waals surface area contributed by atoms with Crippen molar-refractivity contribution in [3.63, 3.8) is 0 Å². The molecule has 0 spiro atoms. The lowest BCUT2D eigenvalue weighted by Crippen LogP contribution is -2.13. The van der Waals surface area contributed by atoms with E-state index in [1.54, 1.807) is 30.3 Å². The SMILES string of the molecule is N#Cc1ccccc1NCC(O)c1cccc(N)c1. The fraction of sp³-hybridized carbons (Fsp3) is 0.133. The van der Waals surface area contributed by atoms with Crippen molar-refractivity contribution in [2.45, 2.75) is 6.10 Å². The van der Waals surface area contributed by atoms with E-state index >= 15 is 0 Å². The second-order valence-corrected chi connectivity index (χ2v) is 4.22. The molecule has 0 aliphatic heterocycles. The maximum Gasteiger partial charge on any atom is 0.101 e. The largest absolute Gasteiger partial charge is 0.399 e. The van der Waals surface area contributed by atoms with Gasteiger partial charge in [0.2, 0.25) is 0 Å². The Balaban J connectivity index is 2.05. The summed E-state index contributed by atoms with van der Waals surface area (Å²) in [6, 6.07) is 16.4. The van der Waals surface area contributed by atoms with Gasteiger partial charge in [0.1, 0.15) is 6.07 Å². The summed E-state index contributed by atoms with van der Waals surface area (Å²) >= 11 is 0. The first-order valence-corrected chi connectivity index (χ1v) is 5.97. The van der Waals surface area contributed by atoms with Crippen LogP contribution in [0.5, 0.6) is 0 Å². The molecule has 0 aliphatic rings. The molecule has 2 aromatic carbocycles. The number of aliphatic hydroxyl groups excluding tert-OH is 1. The topological polar surface area (TPSA) is 82.1 Å². The Labute approximate surface area is 112 Å². The number of nitrogen functional groups attached to an aromatic ring is 1. The molecule has 2 rings (SSSR count). The van der Waals surface area contributed by atoms with Gasteiger partial charge < -0.3 is 16.2 Å². The van der Waals surface area contributed by atoms with Gasteiger partial charge in [0.25, 0.3) is 0 Å². The van der Waals surface area contributed by atoms with Gasteiger partial charge in [0.15, 0.2) is 0 Å².